The molecule has 0 amide bonds. The molecule has 0 bridgehead atoms. The van der Waals surface area contributed by atoms with Crippen molar-refractivity contribution in [2.45, 2.75) is 69.1 Å². The molecule has 1 saturated heterocycles. The molecule has 3 rings (SSSR count). The first-order chi connectivity index (χ1) is 10.00. The van der Waals surface area contributed by atoms with Crippen LogP contribution in [0, 0.1) is 0 Å². The molecular formula is C16H29N3O2. The first-order valence-electron chi connectivity index (χ1n) is 8.45. The number of likely N-dealkylation sites (N-methyl/N-ethyl adjacent to an activating group) is 1. The Labute approximate surface area is 127 Å². The molecule has 1 aliphatic heterocycles. The second-order valence-electron chi connectivity index (χ2n) is 7.41. The Morgan fingerprint density at radius 1 is 1.29 bits per heavy atom. The van der Waals surface area contributed by atoms with E-state index < -0.39 is 11.5 Å². The zero-order valence-electron chi connectivity index (χ0n) is 13.3. The predicted octanol–water partition coefficient (Wildman–Crippen LogP) is 1.14. The van der Waals surface area contributed by atoms with Crippen molar-refractivity contribution in [2.75, 3.05) is 26.7 Å². The fraction of sp³-hybridized carbons (Fsp3) is 0.938. The average Bonchev–Trinajstić information content (AvgIpc) is 3.14. The average molecular weight is 295 g/mol. The summed E-state index contributed by atoms with van der Waals surface area (Å²) in [7, 11) is 2.19. The van der Waals surface area contributed by atoms with E-state index in [9.17, 15) is 9.90 Å². The van der Waals surface area contributed by atoms with E-state index in [0.29, 0.717) is 18.1 Å². The van der Waals surface area contributed by atoms with Gasteiger partial charge in [0, 0.05) is 24.7 Å². The topological polar surface area (TPSA) is 55.8 Å². The van der Waals surface area contributed by atoms with Gasteiger partial charge in [-0.1, -0.05) is 0 Å². The molecule has 21 heavy (non-hydrogen) atoms. The van der Waals surface area contributed by atoms with Crippen molar-refractivity contribution in [3.05, 3.63) is 0 Å². The normalized spacial score (nSPS) is 39.3. The zero-order valence-corrected chi connectivity index (χ0v) is 13.3. The zero-order chi connectivity index (χ0) is 15.0. The summed E-state index contributed by atoms with van der Waals surface area (Å²) in [6.45, 7) is 5.64. The van der Waals surface area contributed by atoms with Gasteiger partial charge in [-0.25, -0.2) is 0 Å². The number of aliphatic carboxylic acids is 1. The molecule has 3 atom stereocenters. The van der Waals surface area contributed by atoms with Gasteiger partial charge in [-0.2, -0.15) is 0 Å². The van der Waals surface area contributed by atoms with E-state index in [1.165, 1.54) is 6.42 Å². The lowest BCUT2D eigenvalue weighted by molar-refractivity contribution is -0.145. The summed E-state index contributed by atoms with van der Waals surface area (Å²) in [5, 5.41) is 13.2. The van der Waals surface area contributed by atoms with E-state index in [2.05, 4.69) is 29.1 Å². The Balaban J connectivity index is 1.68. The molecule has 120 valence electrons. The van der Waals surface area contributed by atoms with Gasteiger partial charge in [0.2, 0.25) is 0 Å². The van der Waals surface area contributed by atoms with E-state index in [0.717, 1.165) is 51.7 Å². The van der Waals surface area contributed by atoms with Crippen LogP contribution in [0.5, 0.6) is 0 Å². The minimum absolute atomic E-state index is 0.425. The van der Waals surface area contributed by atoms with Gasteiger partial charge < -0.3 is 10.0 Å². The summed E-state index contributed by atoms with van der Waals surface area (Å²) in [6.07, 6.45) is 6.04. The van der Waals surface area contributed by atoms with Gasteiger partial charge in [0.05, 0.1) is 0 Å². The lowest BCUT2D eigenvalue weighted by atomic mass is 9.96. The molecule has 0 spiro atoms. The van der Waals surface area contributed by atoms with E-state index >= 15 is 0 Å². The highest BCUT2D eigenvalue weighted by Crippen LogP contribution is 2.37. The van der Waals surface area contributed by atoms with Gasteiger partial charge in [0.1, 0.15) is 5.54 Å². The number of rotatable bonds is 4. The minimum atomic E-state index is -0.663. The lowest BCUT2D eigenvalue weighted by Gasteiger charge is -2.34. The summed E-state index contributed by atoms with van der Waals surface area (Å²) in [5.41, 5.74) is -0.663. The standard InChI is InChI=1S/C16H29N3O2/c1-12-11-18(2)8-3-9-19(12)14-6-7-16(10-14,15(20)21)17-13-4-5-13/h12-14,17H,3-11H2,1-2H3,(H,20,21). The monoisotopic (exact) mass is 295 g/mol. The fourth-order valence-corrected chi connectivity index (χ4v) is 4.24. The highest BCUT2D eigenvalue weighted by atomic mass is 16.4. The number of carboxylic acid groups (broad SMARTS) is 1. The maximum Gasteiger partial charge on any atom is 0.323 e. The fourth-order valence-electron chi connectivity index (χ4n) is 4.24. The summed E-state index contributed by atoms with van der Waals surface area (Å²) < 4.78 is 0. The molecule has 1 heterocycles. The quantitative estimate of drug-likeness (QED) is 0.814. The molecule has 0 aromatic rings. The molecule has 3 fully saturated rings. The van der Waals surface area contributed by atoms with Gasteiger partial charge in [-0.15, -0.1) is 0 Å². The summed E-state index contributed by atoms with van der Waals surface area (Å²) >= 11 is 0. The van der Waals surface area contributed by atoms with E-state index in [4.69, 9.17) is 0 Å². The van der Waals surface area contributed by atoms with Crippen molar-refractivity contribution in [2.24, 2.45) is 0 Å². The van der Waals surface area contributed by atoms with Gasteiger partial charge in [0.15, 0.2) is 0 Å². The number of carbonyl (C=O) groups is 1. The van der Waals surface area contributed by atoms with Crippen LogP contribution in [0.1, 0.15) is 45.4 Å². The van der Waals surface area contributed by atoms with Crippen LogP contribution in [0.25, 0.3) is 0 Å². The molecule has 2 N–H and O–H groups in total. The van der Waals surface area contributed by atoms with Crippen LogP contribution in [0.4, 0.5) is 0 Å². The van der Waals surface area contributed by atoms with Crippen LogP contribution in [0.15, 0.2) is 0 Å². The molecule has 5 nitrogen and oxygen atoms in total. The molecule has 0 aromatic carbocycles. The van der Waals surface area contributed by atoms with Gasteiger partial charge in [0.25, 0.3) is 0 Å². The molecule has 2 aliphatic carbocycles. The summed E-state index contributed by atoms with van der Waals surface area (Å²) in [4.78, 5) is 16.8. The molecule has 5 heteroatoms. The molecule has 2 saturated carbocycles. The third kappa shape index (κ3) is 3.25. The van der Waals surface area contributed by atoms with Crippen LogP contribution >= 0.6 is 0 Å². The van der Waals surface area contributed by atoms with Crippen LogP contribution in [0.3, 0.4) is 0 Å². The second kappa shape index (κ2) is 5.86. The molecule has 0 aromatic heterocycles. The highest BCUT2D eigenvalue weighted by molar-refractivity contribution is 5.79. The number of carboxylic acids is 1. The van der Waals surface area contributed by atoms with E-state index in [1.807, 2.05) is 0 Å². The maximum absolute atomic E-state index is 11.8. The van der Waals surface area contributed by atoms with Crippen LogP contribution in [0.2, 0.25) is 0 Å². The van der Waals surface area contributed by atoms with Crippen molar-refractivity contribution in [1.29, 1.82) is 0 Å². The second-order valence-corrected chi connectivity index (χ2v) is 7.41. The number of nitrogens with one attached hydrogen (secondary N) is 1. The Morgan fingerprint density at radius 2 is 2.05 bits per heavy atom. The summed E-state index contributed by atoms with van der Waals surface area (Å²) in [5.74, 6) is -0.642. The Morgan fingerprint density at radius 3 is 2.71 bits per heavy atom. The van der Waals surface area contributed by atoms with Crippen molar-refractivity contribution in [1.82, 2.24) is 15.1 Å². The van der Waals surface area contributed by atoms with E-state index in [1.54, 1.807) is 0 Å². The molecule has 3 aliphatic rings. The third-order valence-electron chi connectivity index (χ3n) is 5.52. The van der Waals surface area contributed by atoms with Gasteiger partial charge in [-0.3, -0.25) is 15.0 Å². The van der Waals surface area contributed by atoms with Crippen molar-refractivity contribution < 1.29 is 9.90 Å². The first kappa shape index (κ1) is 15.3. The molecular weight excluding hydrogens is 266 g/mol. The highest BCUT2D eigenvalue weighted by Gasteiger charge is 2.49. The lowest BCUT2D eigenvalue weighted by Crippen LogP contribution is -2.53. The van der Waals surface area contributed by atoms with Gasteiger partial charge in [-0.05, 0) is 65.6 Å². The number of nitrogens with zero attached hydrogens (tertiary/aromatic N) is 2. The van der Waals surface area contributed by atoms with Crippen LogP contribution < -0.4 is 5.32 Å². The predicted molar refractivity (Wildman–Crippen MR) is 82.4 cm³/mol. The van der Waals surface area contributed by atoms with Crippen molar-refractivity contribution in [3.63, 3.8) is 0 Å². The number of hydrogen-bond donors (Lipinski definition) is 2. The van der Waals surface area contributed by atoms with Crippen LogP contribution in [-0.2, 0) is 4.79 Å². The summed E-state index contributed by atoms with van der Waals surface area (Å²) in [6, 6.07) is 1.40. The van der Waals surface area contributed by atoms with Gasteiger partial charge >= 0.3 is 5.97 Å². The minimum Gasteiger partial charge on any atom is -0.480 e. The SMILES string of the molecule is CC1CN(C)CCCN1C1CCC(NC2CC2)(C(=O)O)C1. The Hall–Kier alpha value is -0.650. The van der Waals surface area contributed by atoms with Crippen LogP contribution in [-0.4, -0.2) is 71.2 Å². The number of hydrogen-bond acceptors (Lipinski definition) is 4. The molecule has 0 radical (unpaired) electrons. The smallest absolute Gasteiger partial charge is 0.323 e. The largest absolute Gasteiger partial charge is 0.480 e. The van der Waals surface area contributed by atoms with Crippen molar-refractivity contribution >= 4 is 5.97 Å². The third-order valence-corrected chi connectivity index (χ3v) is 5.52. The maximum atomic E-state index is 11.8. The first-order valence-corrected chi connectivity index (χ1v) is 8.45. The Kier molecular flexibility index (Phi) is 4.26. The van der Waals surface area contributed by atoms with E-state index in [-0.39, 0.29) is 0 Å². The molecule has 3 unspecified atom stereocenters. The Bertz CT molecular complexity index is 399. The van der Waals surface area contributed by atoms with Crippen molar-refractivity contribution in [3.8, 4) is 0 Å².